The van der Waals surface area contributed by atoms with E-state index >= 15 is 0 Å². The summed E-state index contributed by atoms with van der Waals surface area (Å²) in [6.07, 6.45) is 6.61. The van der Waals surface area contributed by atoms with Gasteiger partial charge in [0.1, 0.15) is 6.04 Å². The molecule has 1 heterocycles. The molecule has 0 bridgehead atoms. The van der Waals surface area contributed by atoms with Crippen LogP contribution in [0.2, 0.25) is 0 Å². The van der Waals surface area contributed by atoms with Gasteiger partial charge in [-0.15, -0.1) is 0 Å². The van der Waals surface area contributed by atoms with Gasteiger partial charge in [-0.05, 0) is 38.0 Å². The Morgan fingerprint density at radius 2 is 1.96 bits per heavy atom. The van der Waals surface area contributed by atoms with Crippen LogP contribution in [0.5, 0.6) is 0 Å². The van der Waals surface area contributed by atoms with Crippen LogP contribution in [-0.2, 0) is 14.3 Å². The molecule has 26 heavy (non-hydrogen) atoms. The minimum absolute atomic E-state index is 0.0480. The molecule has 0 spiro atoms. The molecule has 0 unspecified atom stereocenters. The van der Waals surface area contributed by atoms with Gasteiger partial charge >= 0.3 is 12.0 Å². The predicted molar refractivity (Wildman–Crippen MR) is 93.5 cm³/mol. The molecule has 3 amide bonds. The summed E-state index contributed by atoms with van der Waals surface area (Å²) >= 11 is 0. The molecule has 3 N–H and O–H groups in total. The number of aliphatic hydroxyl groups is 1. The molecule has 2 atom stereocenters. The van der Waals surface area contributed by atoms with E-state index in [0.29, 0.717) is 38.3 Å². The van der Waals surface area contributed by atoms with Crippen molar-refractivity contribution in [1.82, 2.24) is 10.2 Å². The average Bonchev–Trinajstić information content (AvgIpc) is 2.89. The van der Waals surface area contributed by atoms with E-state index in [-0.39, 0.29) is 18.9 Å². The third-order valence-corrected chi connectivity index (χ3v) is 5.26. The van der Waals surface area contributed by atoms with Gasteiger partial charge in [0.25, 0.3) is 5.91 Å². The van der Waals surface area contributed by atoms with Crippen molar-refractivity contribution in [2.45, 2.75) is 69.9 Å². The zero-order valence-electron chi connectivity index (χ0n) is 15.2. The Morgan fingerprint density at radius 3 is 2.65 bits per heavy atom. The Morgan fingerprint density at radius 1 is 1.23 bits per heavy atom. The van der Waals surface area contributed by atoms with Crippen molar-refractivity contribution in [3.8, 4) is 0 Å². The number of hydrogen-bond acceptors (Lipinski definition) is 5. The number of nitrogens with one attached hydrogen (secondary N) is 1. The summed E-state index contributed by atoms with van der Waals surface area (Å²) in [5, 5.41) is 21.3. The molecular formula is C18H30N2O6. The number of aliphatic hydroxyl groups excluding tert-OH is 1. The number of aliphatic carboxylic acids is 1. The molecule has 8 nitrogen and oxygen atoms in total. The van der Waals surface area contributed by atoms with Crippen molar-refractivity contribution in [1.29, 1.82) is 0 Å². The summed E-state index contributed by atoms with van der Waals surface area (Å²) in [4.78, 5) is 35.9. The Hall–Kier alpha value is -1.67. The van der Waals surface area contributed by atoms with E-state index in [1.807, 2.05) is 0 Å². The minimum Gasteiger partial charge on any atom is -0.481 e. The Balaban J connectivity index is 1.73. The van der Waals surface area contributed by atoms with Gasteiger partial charge in [-0.3, -0.25) is 14.9 Å². The Bertz CT molecular complexity index is 492. The molecule has 0 aromatic heterocycles. The van der Waals surface area contributed by atoms with Crippen LogP contribution in [0.4, 0.5) is 4.79 Å². The lowest BCUT2D eigenvalue weighted by atomic mass is 9.84. The molecule has 1 aliphatic carbocycles. The lowest BCUT2D eigenvalue weighted by Crippen LogP contribution is -2.38. The van der Waals surface area contributed by atoms with Crippen molar-refractivity contribution >= 4 is 17.9 Å². The summed E-state index contributed by atoms with van der Waals surface area (Å²) < 4.78 is 5.22. The maximum absolute atomic E-state index is 12.0. The fourth-order valence-electron chi connectivity index (χ4n) is 3.75. The number of amides is 3. The largest absolute Gasteiger partial charge is 0.481 e. The lowest BCUT2D eigenvalue weighted by Gasteiger charge is -2.29. The average molecular weight is 370 g/mol. The van der Waals surface area contributed by atoms with Gasteiger partial charge in [0.2, 0.25) is 0 Å². The molecule has 2 fully saturated rings. The second kappa shape index (κ2) is 10.5. The monoisotopic (exact) mass is 370 g/mol. The smallest absolute Gasteiger partial charge is 0.324 e. The molecule has 8 heteroatoms. The molecule has 0 radical (unpaired) electrons. The lowest BCUT2D eigenvalue weighted by molar-refractivity contribution is -0.138. The first-order chi connectivity index (χ1) is 12.5. The number of carbonyl (C=O) groups excluding carboxylic acids is 2. The highest BCUT2D eigenvalue weighted by Crippen LogP contribution is 2.28. The van der Waals surface area contributed by atoms with Crippen LogP contribution < -0.4 is 5.32 Å². The van der Waals surface area contributed by atoms with Gasteiger partial charge in [-0.2, -0.15) is 0 Å². The standard InChI is InChI=1S/C18H30N2O6/c21-15(13-5-2-1-3-6-13)8-10-20-14(17(24)19-18(20)25)7-4-11-26-12-9-16(22)23/h13-15,21H,1-12H2,(H,22,23)(H,19,24,25)/t14-,15+/m0/s1. The molecular weight excluding hydrogens is 340 g/mol. The number of carbonyl (C=O) groups is 3. The first-order valence-electron chi connectivity index (χ1n) is 9.58. The van der Waals surface area contributed by atoms with Crippen LogP contribution in [-0.4, -0.2) is 64.9 Å². The Kier molecular flexibility index (Phi) is 8.31. The first kappa shape index (κ1) is 20.6. The number of hydrogen-bond donors (Lipinski definition) is 3. The highest BCUT2D eigenvalue weighted by atomic mass is 16.5. The normalized spacial score (nSPS) is 22.5. The molecule has 0 aromatic rings. The fourth-order valence-corrected chi connectivity index (χ4v) is 3.75. The number of urea groups is 1. The van der Waals surface area contributed by atoms with E-state index in [9.17, 15) is 19.5 Å². The second-order valence-corrected chi connectivity index (χ2v) is 7.16. The SMILES string of the molecule is O=C(O)CCOCCC[C@H]1C(=O)NC(=O)N1CC[C@@H](O)C1CCCCC1. The van der Waals surface area contributed by atoms with E-state index < -0.39 is 24.1 Å². The van der Waals surface area contributed by atoms with Crippen LogP contribution in [0, 0.1) is 5.92 Å². The van der Waals surface area contributed by atoms with Gasteiger partial charge in [0.15, 0.2) is 0 Å². The van der Waals surface area contributed by atoms with Crippen LogP contribution in [0.15, 0.2) is 0 Å². The van der Waals surface area contributed by atoms with E-state index in [2.05, 4.69) is 5.32 Å². The van der Waals surface area contributed by atoms with E-state index in [4.69, 9.17) is 9.84 Å². The minimum atomic E-state index is -0.909. The summed E-state index contributed by atoms with van der Waals surface area (Å²) in [5.74, 6) is -0.924. The highest BCUT2D eigenvalue weighted by Gasteiger charge is 2.38. The maximum Gasteiger partial charge on any atom is 0.324 e. The van der Waals surface area contributed by atoms with E-state index in [1.54, 1.807) is 0 Å². The molecule has 1 aliphatic heterocycles. The van der Waals surface area contributed by atoms with Gasteiger partial charge in [-0.1, -0.05) is 19.3 Å². The van der Waals surface area contributed by atoms with Crippen molar-refractivity contribution < 1.29 is 29.3 Å². The maximum atomic E-state index is 12.0. The summed E-state index contributed by atoms with van der Waals surface area (Å²) in [6, 6.07) is -0.938. The number of carboxylic acids is 1. The third kappa shape index (κ3) is 6.25. The van der Waals surface area contributed by atoms with E-state index in [1.165, 1.54) is 11.3 Å². The molecule has 1 saturated heterocycles. The Labute approximate surface area is 153 Å². The van der Waals surface area contributed by atoms with Crippen molar-refractivity contribution in [3.63, 3.8) is 0 Å². The van der Waals surface area contributed by atoms with Gasteiger partial charge in [-0.25, -0.2) is 4.79 Å². The highest BCUT2D eigenvalue weighted by molar-refractivity contribution is 6.04. The number of imide groups is 1. The molecule has 0 aromatic carbocycles. The van der Waals surface area contributed by atoms with Crippen LogP contribution in [0.3, 0.4) is 0 Å². The van der Waals surface area contributed by atoms with Crippen LogP contribution in [0.25, 0.3) is 0 Å². The van der Waals surface area contributed by atoms with Crippen LogP contribution in [0.1, 0.15) is 57.8 Å². The molecule has 148 valence electrons. The van der Waals surface area contributed by atoms with Crippen molar-refractivity contribution in [2.75, 3.05) is 19.8 Å². The molecule has 2 rings (SSSR count). The number of carboxylic acid groups (broad SMARTS) is 1. The zero-order valence-corrected chi connectivity index (χ0v) is 15.2. The quantitative estimate of drug-likeness (QED) is 0.375. The topological polar surface area (TPSA) is 116 Å². The zero-order chi connectivity index (χ0) is 18.9. The predicted octanol–water partition coefficient (Wildman–Crippen LogP) is 1.51. The summed E-state index contributed by atoms with van der Waals surface area (Å²) in [6.45, 7) is 0.853. The van der Waals surface area contributed by atoms with Crippen LogP contribution >= 0.6 is 0 Å². The van der Waals surface area contributed by atoms with Gasteiger partial charge in [0.05, 0.1) is 19.1 Å². The van der Waals surface area contributed by atoms with Crippen molar-refractivity contribution in [2.24, 2.45) is 5.92 Å². The van der Waals surface area contributed by atoms with Gasteiger partial charge < -0.3 is 19.8 Å². The van der Waals surface area contributed by atoms with Gasteiger partial charge in [0, 0.05) is 13.2 Å². The second-order valence-electron chi connectivity index (χ2n) is 7.16. The van der Waals surface area contributed by atoms with E-state index in [0.717, 1.165) is 25.7 Å². The number of ether oxygens (including phenoxy) is 1. The molecule has 2 aliphatic rings. The molecule has 1 saturated carbocycles. The summed E-state index contributed by atoms with van der Waals surface area (Å²) in [5.41, 5.74) is 0. The third-order valence-electron chi connectivity index (χ3n) is 5.26. The summed E-state index contributed by atoms with van der Waals surface area (Å²) in [7, 11) is 0. The first-order valence-corrected chi connectivity index (χ1v) is 9.58. The number of nitrogens with zero attached hydrogens (tertiary/aromatic N) is 1. The number of rotatable bonds is 11. The van der Waals surface area contributed by atoms with Crippen molar-refractivity contribution in [3.05, 3.63) is 0 Å². The fraction of sp³-hybridized carbons (Fsp3) is 0.833.